The van der Waals surface area contributed by atoms with Gasteiger partial charge in [0.2, 0.25) is 5.91 Å². The number of carbonyl (C=O) groups is 2. The van der Waals surface area contributed by atoms with E-state index in [0.29, 0.717) is 23.9 Å². The number of amides is 1. The van der Waals surface area contributed by atoms with E-state index in [9.17, 15) is 9.59 Å². The first-order chi connectivity index (χ1) is 12.6. The lowest BCUT2D eigenvalue weighted by Crippen LogP contribution is -2.39. The molecule has 1 heterocycles. The number of thiophene rings is 1. The van der Waals surface area contributed by atoms with Crippen LogP contribution >= 0.6 is 11.3 Å². The predicted molar refractivity (Wildman–Crippen MR) is 104 cm³/mol. The van der Waals surface area contributed by atoms with E-state index >= 15 is 0 Å². The number of hydrogen-bond donors (Lipinski definition) is 0. The van der Waals surface area contributed by atoms with Gasteiger partial charge in [-0.25, -0.2) is 0 Å². The third-order valence-electron chi connectivity index (χ3n) is 4.98. The summed E-state index contributed by atoms with van der Waals surface area (Å²) in [4.78, 5) is 27.3. The third kappa shape index (κ3) is 4.33. The summed E-state index contributed by atoms with van der Waals surface area (Å²) < 4.78 is 5.46. The molecule has 1 aromatic carbocycles. The molecule has 0 unspecified atom stereocenters. The average Bonchev–Trinajstić information content (AvgIpc) is 3.31. The first-order valence-electron chi connectivity index (χ1n) is 9.08. The summed E-state index contributed by atoms with van der Waals surface area (Å²) in [6.07, 6.45) is 4.81. The minimum Gasteiger partial charge on any atom is -0.496 e. The summed E-state index contributed by atoms with van der Waals surface area (Å²) in [6, 6.07) is 10.0. The molecule has 0 spiro atoms. The van der Waals surface area contributed by atoms with Gasteiger partial charge in [-0.1, -0.05) is 31.0 Å². The van der Waals surface area contributed by atoms with Gasteiger partial charge in [-0.05, 0) is 42.8 Å². The van der Waals surface area contributed by atoms with E-state index in [4.69, 9.17) is 4.74 Å². The molecule has 2 aromatic rings. The van der Waals surface area contributed by atoms with Crippen LogP contribution in [-0.4, -0.2) is 29.7 Å². The molecule has 1 fully saturated rings. The standard InChI is InChI=1S/C21H25NO3S/c1-15(23)20-11-16(14-26-20)12-21(24)22(18-8-4-5-9-18)13-17-7-3-6-10-19(17)25-2/h3,6-7,10-11,14,18H,4-5,8-9,12-13H2,1-2H3. The van der Waals surface area contributed by atoms with E-state index < -0.39 is 0 Å². The van der Waals surface area contributed by atoms with Crippen LogP contribution in [0.1, 0.15) is 53.4 Å². The number of ketones is 1. The fraction of sp³-hybridized carbons (Fsp3) is 0.429. The Morgan fingerprint density at radius 3 is 2.62 bits per heavy atom. The normalized spacial score (nSPS) is 14.4. The molecule has 26 heavy (non-hydrogen) atoms. The highest BCUT2D eigenvalue weighted by Gasteiger charge is 2.27. The van der Waals surface area contributed by atoms with Gasteiger partial charge in [0.05, 0.1) is 18.4 Å². The smallest absolute Gasteiger partial charge is 0.227 e. The van der Waals surface area contributed by atoms with Gasteiger partial charge in [0.25, 0.3) is 0 Å². The van der Waals surface area contributed by atoms with E-state index in [-0.39, 0.29) is 11.7 Å². The van der Waals surface area contributed by atoms with Crippen molar-refractivity contribution in [3.05, 3.63) is 51.7 Å². The number of hydrogen-bond acceptors (Lipinski definition) is 4. The van der Waals surface area contributed by atoms with Crippen molar-refractivity contribution in [2.75, 3.05) is 7.11 Å². The van der Waals surface area contributed by atoms with Gasteiger partial charge in [-0.15, -0.1) is 11.3 Å². The zero-order chi connectivity index (χ0) is 18.5. The highest BCUT2D eigenvalue weighted by atomic mass is 32.1. The summed E-state index contributed by atoms with van der Waals surface area (Å²) in [7, 11) is 1.66. The molecular formula is C21H25NO3S. The predicted octanol–water partition coefficient (Wildman–Crippen LogP) is 4.47. The van der Waals surface area contributed by atoms with Crippen molar-refractivity contribution in [2.24, 2.45) is 0 Å². The van der Waals surface area contributed by atoms with E-state index in [1.165, 1.54) is 24.2 Å². The lowest BCUT2D eigenvalue weighted by atomic mass is 10.1. The van der Waals surface area contributed by atoms with Crippen LogP contribution in [0.25, 0.3) is 0 Å². The summed E-state index contributed by atoms with van der Waals surface area (Å²) in [6.45, 7) is 2.13. The van der Waals surface area contributed by atoms with Gasteiger partial charge in [-0.3, -0.25) is 9.59 Å². The second-order valence-corrected chi connectivity index (χ2v) is 7.74. The maximum absolute atomic E-state index is 13.1. The van der Waals surface area contributed by atoms with Crippen LogP contribution in [0.3, 0.4) is 0 Å². The largest absolute Gasteiger partial charge is 0.496 e. The SMILES string of the molecule is COc1ccccc1CN(C(=O)Cc1csc(C(C)=O)c1)C1CCCC1. The molecule has 5 heteroatoms. The molecule has 1 saturated carbocycles. The first kappa shape index (κ1) is 18.6. The molecule has 138 valence electrons. The van der Waals surface area contributed by atoms with Crippen molar-refractivity contribution in [1.82, 2.24) is 4.90 Å². The third-order valence-corrected chi connectivity index (χ3v) is 6.05. The minimum atomic E-state index is 0.0513. The molecule has 1 aliphatic rings. The highest BCUT2D eigenvalue weighted by molar-refractivity contribution is 7.12. The molecule has 0 bridgehead atoms. The maximum Gasteiger partial charge on any atom is 0.227 e. The first-order valence-corrected chi connectivity index (χ1v) is 9.96. The van der Waals surface area contributed by atoms with Crippen molar-refractivity contribution < 1.29 is 14.3 Å². The average molecular weight is 372 g/mol. The Morgan fingerprint density at radius 2 is 1.96 bits per heavy atom. The number of benzene rings is 1. The molecule has 0 aliphatic heterocycles. The zero-order valence-electron chi connectivity index (χ0n) is 15.4. The molecule has 0 atom stereocenters. The second kappa shape index (κ2) is 8.49. The Bertz CT molecular complexity index is 777. The highest BCUT2D eigenvalue weighted by Crippen LogP contribution is 2.28. The summed E-state index contributed by atoms with van der Waals surface area (Å²) in [5.41, 5.74) is 1.96. The molecule has 1 aromatic heterocycles. The number of para-hydroxylation sites is 1. The number of ether oxygens (including phenoxy) is 1. The van der Waals surface area contributed by atoms with E-state index in [0.717, 1.165) is 29.7 Å². The van der Waals surface area contributed by atoms with Crippen molar-refractivity contribution >= 4 is 23.0 Å². The summed E-state index contributed by atoms with van der Waals surface area (Å²) in [5.74, 6) is 0.990. The number of carbonyl (C=O) groups excluding carboxylic acids is 2. The number of methoxy groups -OCH3 is 1. The van der Waals surface area contributed by atoms with Crippen LogP contribution in [0.15, 0.2) is 35.7 Å². The van der Waals surface area contributed by atoms with Gasteiger partial charge in [0.15, 0.2) is 5.78 Å². The lowest BCUT2D eigenvalue weighted by molar-refractivity contribution is -0.133. The van der Waals surface area contributed by atoms with Gasteiger partial charge in [0, 0.05) is 18.2 Å². The fourth-order valence-corrected chi connectivity index (χ4v) is 4.40. The molecule has 1 aliphatic carbocycles. The molecule has 3 rings (SSSR count). The van der Waals surface area contributed by atoms with Crippen LogP contribution in [0.5, 0.6) is 5.75 Å². The monoisotopic (exact) mass is 371 g/mol. The minimum absolute atomic E-state index is 0.0513. The second-order valence-electron chi connectivity index (χ2n) is 6.82. The Labute approximate surface area is 158 Å². The Hall–Kier alpha value is -2.14. The molecule has 1 amide bonds. The van der Waals surface area contributed by atoms with Crippen LogP contribution in [0.2, 0.25) is 0 Å². The zero-order valence-corrected chi connectivity index (χ0v) is 16.2. The quantitative estimate of drug-likeness (QED) is 0.675. The van der Waals surface area contributed by atoms with Gasteiger partial charge in [-0.2, -0.15) is 0 Å². The van der Waals surface area contributed by atoms with Crippen LogP contribution in [-0.2, 0) is 17.8 Å². The number of Topliss-reactive ketones (excluding diaryl/α,β-unsaturated/α-hetero) is 1. The van der Waals surface area contributed by atoms with E-state index in [2.05, 4.69) is 0 Å². The van der Waals surface area contributed by atoms with Crippen molar-refractivity contribution in [3.63, 3.8) is 0 Å². The molecular weight excluding hydrogens is 346 g/mol. The van der Waals surface area contributed by atoms with Crippen LogP contribution in [0.4, 0.5) is 0 Å². The van der Waals surface area contributed by atoms with Gasteiger partial charge < -0.3 is 9.64 Å². The van der Waals surface area contributed by atoms with Crippen molar-refractivity contribution in [3.8, 4) is 5.75 Å². The van der Waals surface area contributed by atoms with Gasteiger partial charge >= 0.3 is 0 Å². The fourth-order valence-electron chi connectivity index (χ4n) is 3.58. The summed E-state index contributed by atoms with van der Waals surface area (Å²) >= 11 is 1.41. The Balaban J connectivity index is 1.78. The molecule has 0 radical (unpaired) electrons. The van der Waals surface area contributed by atoms with E-state index in [1.807, 2.05) is 40.6 Å². The molecule has 0 N–H and O–H groups in total. The number of rotatable bonds is 7. The lowest BCUT2D eigenvalue weighted by Gasteiger charge is -2.30. The molecule has 0 saturated heterocycles. The van der Waals surface area contributed by atoms with Crippen LogP contribution in [0, 0.1) is 0 Å². The van der Waals surface area contributed by atoms with Crippen LogP contribution < -0.4 is 4.74 Å². The van der Waals surface area contributed by atoms with Crippen molar-refractivity contribution in [1.29, 1.82) is 0 Å². The Kier molecular flexibility index (Phi) is 6.09. The number of nitrogens with zero attached hydrogens (tertiary/aromatic N) is 1. The molecule has 4 nitrogen and oxygen atoms in total. The maximum atomic E-state index is 13.1. The van der Waals surface area contributed by atoms with Crippen molar-refractivity contribution in [2.45, 2.75) is 51.6 Å². The van der Waals surface area contributed by atoms with Gasteiger partial charge in [0.1, 0.15) is 5.75 Å². The topological polar surface area (TPSA) is 46.6 Å². The Morgan fingerprint density at radius 1 is 1.23 bits per heavy atom. The summed E-state index contributed by atoms with van der Waals surface area (Å²) in [5, 5.41) is 1.92. The van der Waals surface area contributed by atoms with E-state index in [1.54, 1.807) is 14.0 Å².